The van der Waals surface area contributed by atoms with Crippen LogP contribution in [0.5, 0.6) is 5.75 Å². The van der Waals surface area contributed by atoms with E-state index in [0.29, 0.717) is 31.7 Å². The minimum Gasteiger partial charge on any atom is -0.497 e. The van der Waals surface area contributed by atoms with Crippen molar-refractivity contribution in [3.05, 3.63) is 47.3 Å². The van der Waals surface area contributed by atoms with E-state index in [1.807, 2.05) is 74.8 Å². The number of rotatable bonds is 3. The van der Waals surface area contributed by atoms with Crippen molar-refractivity contribution >= 4 is 11.8 Å². The number of amides is 2. The van der Waals surface area contributed by atoms with Crippen molar-refractivity contribution < 1.29 is 14.3 Å². The van der Waals surface area contributed by atoms with E-state index in [0.717, 1.165) is 22.8 Å². The minimum atomic E-state index is -0.393. The number of hydrogen-bond acceptors (Lipinski definition) is 3. The Morgan fingerprint density at radius 3 is 2.00 bits per heavy atom. The van der Waals surface area contributed by atoms with E-state index in [1.54, 1.807) is 7.11 Å². The molecule has 6 nitrogen and oxygen atoms in total. The van der Waals surface area contributed by atoms with Gasteiger partial charge in [0.25, 0.3) is 5.91 Å². The third kappa shape index (κ3) is 4.16. The SMILES string of the molecule is COc1ccc(-n2c(C)cc(C(=O)N3CCN(C(=O)C(C)(C)C)CC3)c2C)cc1. The number of aromatic nitrogens is 1. The molecule has 0 bridgehead atoms. The largest absolute Gasteiger partial charge is 0.497 e. The van der Waals surface area contributed by atoms with Gasteiger partial charge in [-0.3, -0.25) is 9.59 Å². The van der Waals surface area contributed by atoms with E-state index in [2.05, 4.69) is 4.57 Å². The van der Waals surface area contributed by atoms with Gasteiger partial charge in [-0.1, -0.05) is 20.8 Å². The lowest BCUT2D eigenvalue weighted by Gasteiger charge is -2.37. The van der Waals surface area contributed by atoms with E-state index < -0.39 is 5.41 Å². The van der Waals surface area contributed by atoms with Crippen LogP contribution < -0.4 is 4.74 Å². The van der Waals surface area contributed by atoms with Gasteiger partial charge in [-0.2, -0.15) is 0 Å². The number of hydrogen-bond donors (Lipinski definition) is 0. The maximum absolute atomic E-state index is 13.2. The summed E-state index contributed by atoms with van der Waals surface area (Å²) in [5.41, 5.74) is 3.26. The number of methoxy groups -OCH3 is 1. The van der Waals surface area contributed by atoms with Gasteiger partial charge in [0.1, 0.15) is 5.75 Å². The summed E-state index contributed by atoms with van der Waals surface area (Å²) in [5.74, 6) is 0.971. The Labute approximate surface area is 173 Å². The van der Waals surface area contributed by atoms with Crippen LogP contribution in [-0.2, 0) is 4.79 Å². The molecule has 0 spiro atoms. The maximum Gasteiger partial charge on any atom is 0.255 e. The zero-order valence-electron chi connectivity index (χ0n) is 18.3. The standard InChI is InChI=1S/C23H31N3O3/c1-16-15-20(17(2)26(16)18-7-9-19(29-6)10-8-18)21(27)24-11-13-25(14-12-24)22(28)23(3,4)5/h7-10,15H,11-14H2,1-6H3. The molecule has 1 aromatic carbocycles. The summed E-state index contributed by atoms with van der Waals surface area (Å²) in [6, 6.07) is 9.77. The molecule has 0 radical (unpaired) electrons. The van der Waals surface area contributed by atoms with E-state index >= 15 is 0 Å². The van der Waals surface area contributed by atoms with Crippen molar-refractivity contribution in [3.8, 4) is 11.4 Å². The second-order valence-corrected chi connectivity index (χ2v) is 8.65. The van der Waals surface area contributed by atoms with Crippen molar-refractivity contribution in [2.24, 2.45) is 5.41 Å². The van der Waals surface area contributed by atoms with Crippen molar-refractivity contribution in [3.63, 3.8) is 0 Å². The van der Waals surface area contributed by atoms with Gasteiger partial charge in [-0.25, -0.2) is 0 Å². The second kappa shape index (κ2) is 7.93. The van der Waals surface area contributed by atoms with Crippen LogP contribution in [0, 0.1) is 19.3 Å². The highest BCUT2D eigenvalue weighted by molar-refractivity contribution is 5.96. The molecule has 1 aliphatic rings. The molecule has 0 N–H and O–H groups in total. The van der Waals surface area contributed by atoms with Crippen LogP contribution in [0.4, 0.5) is 0 Å². The van der Waals surface area contributed by atoms with Crippen LogP contribution in [0.15, 0.2) is 30.3 Å². The number of benzene rings is 1. The van der Waals surface area contributed by atoms with Gasteiger partial charge in [-0.15, -0.1) is 0 Å². The van der Waals surface area contributed by atoms with E-state index in [1.165, 1.54) is 0 Å². The van der Waals surface area contributed by atoms with Crippen molar-refractivity contribution in [2.45, 2.75) is 34.6 Å². The lowest BCUT2D eigenvalue weighted by molar-refractivity contribution is -0.140. The first-order valence-corrected chi connectivity index (χ1v) is 10.1. The molecule has 2 heterocycles. The quantitative estimate of drug-likeness (QED) is 0.797. The van der Waals surface area contributed by atoms with E-state index in [4.69, 9.17) is 4.74 Å². The molecule has 2 aromatic rings. The fourth-order valence-electron chi connectivity index (χ4n) is 3.87. The maximum atomic E-state index is 13.2. The highest BCUT2D eigenvalue weighted by Gasteiger charge is 2.31. The average molecular weight is 398 g/mol. The predicted molar refractivity (Wildman–Crippen MR) is 114 cm³/mol. The zero-order chi connectivity index (χ0) is 21.3. The highest BCUT2D eigenvalue weighted by atomic mass is 16.5. The van der Waals surface area contributed by atoms with Gasteiger partial charge in [0, 0.05) is 48.7 Å². The summed E-state index contributed by atoms with van der Waals surface area (Å²) in [6.45, 7) is 12.1. The third-order valence-electron chi connectivity index (χ3n) is 5.49. The van der Waals surface area contributed by atoms with Crippen molar-refractivity contribution in [1.82, 2.24) is 14.4 Å². The van der Waals surface area contributed by atoms with Gasteiger partial charge < -0.3 is 19.1 Å². The van der Waals surface area contributed by atoms with Gasteiger partial charge >= 0.3 is 0 Å². The molecule has 1 saturated heterocycles. The van der Waals surface area contributed by atoms with Crippen LogP contribution in [0.25, 0.3) is 5.69 Å². The highest BCUT2D eigenvalue weighted by Crippen LogP contribution is 2.25. The number of carbonyl (C=O) groups excluding carboxylic acids is 2. The summed E-state index contributed by atoms with van der Waals surface area (Å²) >= 11 is 0. The molecule has 1 fully saturated rings. The summed E-state index contributed by atoms with van der Waals surface area (Å²) in [6.07, 6.45) is 0. The van der Waals surface area contributed by atoms with Crippen molar-refractivity contribution in [1.29, 1.82) is 0 Å². The molecule has 0 saturated carbocycles. The Hall–Kier alpha value is -2.76. The lowest BCUT2D eigenvalue weighted by Crippen LogP contribution is -2.53. The molecule has 0 aliphatic carbocycles. The van der Waals surface area contributed by atoms with Gasteiger partial charge in [0.15, 0.2) is 0 Å². The fourth-order valence-corrected chi connectivity index (χ4v) is 3.87. The van der Waals surface area contributed by atoms with E-state index in [9.17, 15) is 9.59 Å². The Morgan fingerprint density at radius 2 is 1.48 bits per heavy atom. The van der Waals surface area contributed by atoms with Gasteiger partial charge in [0.2, 0.25) is 5.91 Å². The first-order chi connectivity index (χ1) is 13.6. The Kier molecular flexibility index (Phi) is 5.73. The van der Waals surface area contributed by atoms with Gasteiger partial charge in [-0.05, 0) is 44.2 Å². The van der Waals surface area contributed by atoms with Crippen LogP contribution in [-0.4, -0.2) is 59.5 Å². The molecule has 2 amide bonds. The summed E-state index contributed by atoms with van der Waals surface area (Å²) in [5, 5.41) is 0. The first kappa shape index (κ1) is 21.0. The van der Waals surface area contributed by atoms with Gasteiger partial charge in [0.05, 0.1) is 12.7 Å². The predicted octanol–water partition coefficient (Wildman–Crippen LogP) is 3.43. The molecular formula is C23H31N3O3. The molecule has 0 unspecified atom stereocenters. The Bertz CT molecular complexity index is 899. The molecule has 6 heteroatoms. The number of ether oxygens (including phenoxy) is 1. The zero-order valence-corrected chi connectivity index (χ0v) is 18.3. The minimum absolute atomic E-state index is 0.0284. The Balaban J connectivity index is 1.76. The van der Waals surface area contributed by atoms with Crippen molar-refractivity contribution in [2.75, 3.05) is 33.3 Å². The molecule has 29 heavy (non-hydrogen) atoms. The second-order valence-electron chi connectivity index (χ2n) is 8.65. The molecule has 0 atom stereocenters. The van der Waals surface area contributed by atoms with Crippen LogP contribution in [0.3, 0.4) is 0 Å². The average Bonchev–Trinajstić information content (AvgIpc) is 3.00. The molecule has 1 aromatic heterocycles. The van der Waals surface area contributed by atoms with E-state index in [-0.39, 0.29) is 11.8 Å². The van der Waals surface area contributed by atoms with Crippen LogP contribution >= 0.6 is 0 Å². The number of carbonyl (C=O) groups is 2. The molecule has 1 aliphatic heterocycles. The third-order valence-corrected chi connectivity index (χ3v) is 5.49. The van der Waals surface area contributed by atoms with Crippen LogP contribution in [0.1, 0.15) is 42.5 Å². The first-order valence-electron chi connectivity index (χ1n) is 10.1. The molecular weight excluding hydrogens is 366 g/mol. The number of piperazine rings is 1. The topological polar surface area (TPSA) is 54.8 Å². The monoisotopic (exact) mass is 397 g/mol. The molecule has 3 rings (SSSR count). The smallest absolute Gasteiger partial charge is 0.255 e. The number of nitrogens with zero attached hydrogens (tertiary/aromatic N) is 3. The Morgan fingerprint density at radius 1 is 0.931 bits per heavy atom. The molecule has 156 valence electrons. The summed E-state index contributed by atoms with van der Waals surface area (Å²) < 4.78 is 7.33. The summed E-state index contributed by atoms with van der Waals surface area (Å²) in [4.78, 5) is 29.4. The summed E-state index contributed by atoms with van der Waals surface area (Å²) in [7, 11) is 1.65. The number of aryl methyl sites for hydroxylation is 1. The fraction of sp³-hybridized carbons (Fsp3) is 0.478. The lowest BCUT2D eigenvalue weighted by atomic mass is 9.94. The normalized spacial score (nSPS) is 14.8. The van der Waals surface area contributed by atoms with Crippen LogP contribution in [0.2, 0.25) is 0 Å².